The Hall–Kier alpha value is -3.74. The van der Waals surface area contributed by atoms with E-state index in [-0.39, 0.29) is 11.7 Å². The van der Waals surface area contributed by atoms with Crippen LogP contribution in [0.3, 0.4) is 0 Å². The molecule has 1 amide bonds. The van der Waals surface area contributed by atoms with Gasteiger partial charge in [-0.25, -0.2) is 4.79 Å². The first-order valence-electron chi connectivity index (χ1n) is 9.89. The summed E-state index contributed by atoms with van der Waals surface area (Å²) in [5.74, 6) is 0.178. The molecule has 5 rings (SSSR count). The number of hydrogen-bond acceptors (Lipinski definition) is 5. The molecule has 2 aromatic carbocycles. The summed E-state index contributed by atoms with van der Waals surface area (Å²) < 4.78 is 7.22. The van der Waals surface area contributed by atoms with E-state index in [2.05, 4.69) is 4.90 Å². The maximum Gasteiger partial charge on any atom is 0.346 e. The summed E-state index contributed by atoms with van der Waals surface area (Å²) in [6, 6.07) is 15.9. The van der Waals surface area contributed by atoms with E-state index in [4.69, 9.17) is 4.42 Å². The monoisotopic (exact) mass is 403 g/mol. The van der Waals surface area contributed by atoms with Crippen LogP contribution in [-0.4, -0.2) is 46.5 Å². The lowest BCUT2D eigenvalue weighted by Gasteiger charge is -2.36. The van der Waals surface area contributed by atoms with Gasteiger partial charge in [-0.2, -0.15) is 0 Å². The van der Waals surface area contributed by atoms with Crippen molar-refractivity contribution in [2.75, 3.05) is 31.1 Å². The van der Waals surface area contributed by atoms with Crippen molar-refractivity contribution in [2.24, 2.45) is 0 Å². The van der Waals surface area contributed by atoms with Crippen LogP contribution >= 0.6 is 0 Å². The van der Waals surface area contributed by atoms with E-state index in [0.29, 0.717) is 48.4 Å². The Morgan fingerprint density at radius 1 is 1.00 bits per heavy atom. The Balaban J connectivity index is 1.42. The van der Waals surface area contributed by atoms with Gasteiger partial charge >= 0.3 is 5.63 Å². The highest BCUT2D eigenvalue weighted by molar-refractivity contribution is 5.98. The fourth-order valence-electron chi connectivity index (χ4n) is 4.12. The van der Waals surface area contributed by atoms with E-state index in [1.54, 1.807) is 36.4 Å². The number of rotatable bonds is 2. The van der Waals surface area contributed by atoms with Gasteiger partial charge < -0.3 is 19.3 Å². The van der Waals surface area contributed by atoms with Crippen molar-refractivity contribution >= 4 is 28.2 Å². The number of hydrogen-bond donors (Lipinski definition) is 1. The molecule has 0 bridgehead atoms. The first-order valence-corrected chi connectivity index (χ1v) is 9.89. The maximum absolute atomic E-state index is 13.1. The van der Waals surface area contributed by atoms with Crippen LogP contribution in [0.1, 0.15) is 16.1 Å². The van der Waals surface area contributed by atoms with Crippen LogP contribution in [0.25, 0.3) is 16.6 Å². The zero-order chi connectivity index (χ0) is 20.8. The average molecular weight is 403 g/mol. The molecular weight excluding hydrogens is 382 g/mol. The van der Waals surface area contributed by atoms with Crippen LogP contribution in [0.2, 0.25) is 0 Å². The molecule has 30 heavy (non-hydrogen) atoms. The number of phenols is 1. The van der Waals surface area contributed by atoms with E-state index in [0.717, 1.165) is 11.4 Å². The van der Waals surface area contributed by atoms with E-state index in [9.17, 15) is 14.7 Å². The number of anilines is 1. The Kier molecular flexibility index (Phi) is 4.24. The summed E-state index contributed by atoms with van der Waals surface area (Å²) in [6.45, 7) is 4.48. The Bertz CT molecular complexity index is 1330. The summed E-state index contributed by atoms with van der Waals surface area (Å²) in [6.07, 6.45) is 0. The predicted molar refractivity (Wildman–Crippen MR) is 114 cm³/mol. The highest BCUT2D eigenvalue weighted by Gasteiger charge is 2.23. The second-order valence-corrected chi connectivity index (χ2v) is 7.57. The Labute approximate surface area is 172 Å². The third-order valence-electron chi connectivity index (χ3n) is 5.70. The molecule has 1 N–H and O–H groups in total. The normalized spacial score (nSPS) is 14.6. The first kappa shape index (κ1) is 18.3. The molecule has 152 valence electrons. The summed E-state index contributed by atoms with van der Waals surface area (Å²) >= 11 is 0. The number of fused-ring (bicyclic) bond motifs is 3. The number of aryl methyl sites for hydroxylation is 1. The number of phenolic OH excluding ortho intramolecular Hbond substituents is 1. The molecule has 7 heteroatoms. The topological polar surface area (TPSA) is 78.4 Å². The van der Waals surface area contributed by atoms with Crippen molar-refractivity contribution < 1.29 is 14.3 Å². The van der Waals surface area contributed by atoms with Crippen molar-refractivity contribution in [2.45, 2.75) is 6.92 Å². The van der Waals surface area contributed by atoms with Crippen LogP contribution in [0.5, 0.6) is 5.75 Å². The molecule has 0 spiro atoms. The van der Waals surface area contributed by atoms with Crippen LogP contribution in [0.15, 0.2) is 63.8 Å². The SMILES string of the molecule is Cc1ccc2oc(=O)c3ccc(C(=O)N4CCN(c5cccc(O)c5)CC4)cc3n12. The number of aromatic nitrogens is 1. The molecule has 1 saturated heterocycles. The highest BCUT2D eigenvalue weighted by Crippen LogP contribution is 2.23. The Morgan fingerprint density at radius 2 is 1.80 bits per heavy atom. The van der Waals surface area contributed by atoms with Crippen molar-refractivity contribution in [1.82, 2.24) is 9.30 Å². The number of carbonyl (C=O) groups is 1. The third kappa shape index (κ3) is 2.99. The van der Waals surface area contributed by atoms with Crippen LogP contribution in [0, 0.1) is 6.92 Å². The quantitative estimate of drug-likeness (QED) is 0.557. The van der Waals surface area contributed by atoms with Crippen molar-refractivity contribution in [3.63, 3.8) is 0 Å². The molecule has 0 radical (unpaired) electrons. The average Bonchev–Trinajstić information content (AvgIpc) is 3.13. The lowest BCUT2D eigenvalue weighted by Crippen LogP contribution is -2.48. The van der Waals surface area contributed by atoms with Gasteiger partial charge in [0.05, 0.1) is 10.9 Å². The van der Waals surface area contributed by atoms with Gasteiger partial charge in [-0.3, -0.25) is 9.20 Å². The zero-order valence-electron chi connectivity index (χ0n) is 16.5. The molecule has 1 aliphatic heterocycles. The number of nitrogens with zero attached hydrogens (tertiary/aromatic N) is 3. The lowest BCUT2D eigenvalue weighted by molar-refractivity contribution is 0.0747. The number of carbonyl (C=O) groups excluding carboxylic acids is 1. The molecule has 0 saturated carbocycles. The van der Waals surface area contributed by atoms with Crippen LogP contribution in [-0.2, 0) is 0 Å². The predicted octanol–water partition coefficient (Wildman–Crippen LogP) is 3.02. The zero-order valence-corrected chi connectivity index (χ0v) is 16.5. The minimum absolute atomic E-state index is 0.0568. The number of aromatic hydroxyl groups is 1. The summed E-state index contributed by atoms with van der Waals surface area (Å²) in [4.78, 5) is 29.4. The fourth-order valence-corrected chi connectivity index (χ4v) is 4.12. The van der Waals surface area contributed by atoms with E-state index in [1.807, 2.05) is 34.4 Å². The smallest absolute Gasteiger partial charge is 0.346 e. The van der Waals surface area contributed by atoms with Gasteiger partial charge in [0.15, 0.2) is 0 Å². The van der Waals surface area contributed by atoms with E-state index >= 15 is 0 Å². The molecule has 7 nitrogen and oxygen atoms in total. The molecule has 1 aliphatic rings. The second kappa shape index (κ2) is 6.95. The minimum atomic E-state index is -0.408. The first-order chi connectivity index (χ1) is 14.5. The van der Waals surface area contributed by atoms with Crippen molar-refractivity contribution in [3.05, 3.63) is 76.3 Å². The molecular formula is C23H21N3O4. The molecule has 1 fully saturated rings. The number of amides is 1. The molecule has 4 aromatic rings. The summed E-state index contributed by atoms with van der Waals surface area (Å²) in [5, 5.41) is 10.1. The number of piperazine rings is 1. The van der Waals surface area contributed by atoms with Crippen LogP contribution in [0.4, 0.5) is 5.69 Å². The van der Waals surface area contributed by atoms with Crippen molar-refractivity contribution in [3.8, 4) is 5.75 Å². The van der Waals surface area contributed by atoms with Gasteiger partial charge in [0, 0.05) is 55.3 Å². The van der Waals surface area contributed by atoms with Gasteiger partial charge in [0.2, 0.25) is 5.71 Å². The minimum Gasteiger partial charge on any atom is -0.508 e. The lowest BCUT2D eigenvalue weighted by atomic mass is 10.1. The van der Waals surface area contributed by atoms with Crippen LogP contribution < -0.4 is 10.5 Å². The summed E-state index contributed by atoms with van der Waals surface area (Å²) in [7, 11) is 0. The standard InChI is InChI=1S/C23H21N3O4/c1-15-5-8-21-26(15)20-13-16(6-7-19(20)23(29)30-21)22(28)25-11-9-24(10-12-25)17-3-2-4-18(27)14-17/h2-8,13-14,27H,9-12H2,1H3. The van der Waals surface area contributed by atoms with Gasteiger partial charge in [0.25, 0.3) is 5.91 Å². The molecule has 0 aliphatic carbocycles. The summed E-state index contributed by atoms with van der Waals surface area (Å²) in [5.41, 5.74) is 3.16. The van der Waals surface area contributed by atoms with E-state index in [1.165, 1.54) is 0 Å². The van der Waals surface area contributed by atoms with Gasteiger partial charge in [-0.15, -0.1) is 0 Å². The fraction of sp³-hybridized carbons (Fsp3) is 0.217. The van der Waals surface area contributed by atoms with Gasteiger partial charge in [0.1, 0.15) is 5.75 Å². The highest BCUT2D eigenvalue weighted by atomic mass is 16.4. The van der Waals surface area contributed by atoms with Crippen molar-refractivity contribution in [1.29, 1.82) is 0 Å². The van der Waals surface area contributed by atoms with Gasteiger partial charge in [-0.05, 0) is 43.3 Å². The maximum atomic E-state index is 13.1. The molecule has 0 unspecified atom stereocenters. The number of benzene rings is 2. The Morgan fingerprint density at radius 3 is 2.57 bits per heavy atom. The third-order valence-corrected chi connectivity index (χ3v) is 5.70. The molecule has 2 aromatic heterocycles. The van der Waals surface area contributed by atoms with E-state index < -0.39 is 5.63 Å². The molecule has 3 heterocycles. The van der Waals surface area contributed by atoms with Gasteiger partial charge in [-0.1, -0.05) is 6.07 Å². The molecule has 0 atom stereocenters. The largest absolute Gasteiger partial charge is 0.508 e. The second-order valence-electron chi connectivity index (χ2n) is 7.57.